The Kier molecular flexibility index (Phi) is 4.47. The Labute approximate surface area is 154 Å². The van der Waals surface area contributed by atoms with E-state index in [-0.39, 0.29) is 24.1 Å². The molecule has 1 atom stereocenters. The Bertz CT molecular complexity index is 974. The van der Waals surface area contributed by atoms with Gasteiger partial charge in [-0.1, -0.05) is 6.07 Å². The number of amides is 1. The summed E-state index contributed by atoms with van der Waals surface area (Å²) in [6.07, 6.45) is 4.04. The summed E-state index contributed by atoms with van der Waals surface area (Å²) in [5.74, 6) is -0.987. The van der Waals surface area contributed by atoms with Gasteiger partial charge in [0.1, 0.15) is 11.5 Å². The molecule has 4 rings (SSSR count). The van der Waals surface area contributed by atoms with Crippen LogP contribution in [0.1, 0.15) is 41.7 Å². The number of hydrogen-bond acceptors (Lipinski definition) is 3. The zero-order valence-corrected chi connectivity index (χ0v) is 14.8. The third-order valence-corrected chi connectivity index (χ3v) is 4.75. The SMILES string of the molecule is Cc1nc2c([nH]1)CCCC2C(=O)NCc1ccn(-c2c(F)cccc2F)n1. The number of carbonyl (C=O) groups excluding carboxylic acids is 1. The number of halogens is 2. The van der Waals surface area contributed by atoms with Crippen molar-refractivity contribution in [1.29, 1.82) is 0 Å². The molecule has 1 unspecified atom stereocenters. The van der Waals surface area contributed by atoms with Crippen LogP contribution in [0, 0.1) is 18.6 Å². The fraction of sp³-hybridized carbons (Fsp3) is 0.316. The van der Waals surface area contributed by atoms with E-state index in [2.05, 4.69) is 20.4 Å². The van der Waals surface area contributed by atoms with Crippen molar-refractivity contribution in [3.05, 3.63) is 65.0 Å². The van der Waals surface area contributed by atoms with Crippen LogP contribution in [0.25, 0.3) is 5.69 Å². The smallest absolute Gasteiger partial charge is 0.229 e. The topological polar surface area (TPSA) is 75.6 Å². The highest BCUT2D eigenvalue weighted by Gasteiger charge is 2.29. The lowest BCUT2D eigenvalue weighted by molar-refractivity contribution is -0.123. The van der Waals surface area contributed by atoms with Gasteiger partial charge in [-0.2, -0.15) is 5.10 Å². The molecule has 8 heteroatoms. The number of nitrogens with one attached hydrogen (secondary N) is 2. The van der Waals surface area contributed by atoms with Crippen molar-refractivity contribution >= 4 is 5.91 Å². The van der Waals surface area contributed by atoms with Gasteiger partial charge >= 0.3 is 0 Å². The number of aromatic nitrogens is 4. The Balaban J connectivity index is 1.46. The van der Waals surface area contributed by atoms with Crippen LogP contribution in [-0.2, 0) is 17.8 Å². The lowest BCUT2D eigenvalue weighted by Crippen LogP contribution is -2.31. The van der Waals surface area contributed by atoms with Gasteiger partial charge in [-0.25, -0.2) is 18.4 Å². The standard InChI is InChI=1S/C19H19F2N5O/c1-11-23-16-7-2-4-13(17(16)24-11)19(27)22-10-12-8-9-26(25-12)18-14(20)5-3-6-15(18)21/h3,5-6,8-9,13H,2,4,7,10H2,1H3,(H,22,27)(H,23,24). The molecule has 6 nitrogen and oxygen atoms in total. The van der Waals surface area contributed by atoms with Crippen molar-refractivity contribution < 1.29 is 13.6 Å². The number of H-pyrrole nitrogens is 1. The predicted octanol–water partition coefficient (Wildman–Crippen LogP) is 2.92. The minimum Gasteiger partial charge on any atom is -0.350 e. The molecule has 2 aromatic heterocycles. The summed E-state index contributed by atoms with van der Waals surface area (Å²) in [6, 6.07) is 5.27. The molecule has 1 aliphatic rings. The van der Waals surface area contributed by atoms with Crippen LogP contribution in [0.4, 0.5) is 8.78 Å². The molecule has 140 valence electrons. The molecular formula is C19H19F2N5O. The number of hydrogen-bond donors (Lipinski definition) is 2. The van der Waals surface area contributed by atoms with Crippen molar-refractivity contribution in [2.75, 3.05) is 0 Å². The first-order valence-electron chi connectivity index (χ1n) is 8.85. The quantitative estimate of drug-likeness (QED) is 0.740. The summed E-state index contributed by atoms with van der Waals surface area (Å²) in [6.45, 7) is 2.05. The van der Waals surface area contributed by atoms with Gasteiger partial charge in [-0.15, -0.1) is 0 Å². The zero-order valence-electron chi connectivity index (χ0n) is 14.8. The van der Waals surface area contributed by atoms with Crippen LogP contribution in [-0.4, -0.2) is 25.7 Å². The molecule has 2 N–H and O–H groups in total. The fourth-order valence-corrected chi connectivity index (χ4v) is 3.50. The van der Waals surface area contributed by atoms with E-state index in [0.29, 0.717) is 5.69 Å². The van der Waals surface area contributed by atoms with Crippen LogP contribution in [0.15, 0.2) is 30.5 Å². The molecule has 2 heterocycles. The van der Waals surface area contributed by atoms with Gasteiger partial charge in [0.25, 0.3) is 0 Å². The van der Waals surface area contributed by atoms with Gasteiger partial charge in [-0.3, -0.25) is 4.79 Å². The molecule has 0 spiro atoms. The van der Waals surface area contributed by atoms with Gasteiger partial charge in [0, 0.05) is 11.9 Å². The lowest BCUT2D eigenvalue weighted by atomic mass is 9.89. The minimum absolute atomic E-state index is 0.117. The Morgan fingerprint density at radius 1 is 1.33 bits per heavy atom. The van der Waals surface area contributed by atoms with E-state index >= 15 is 0 Å². The van der Waals surface area contributed by atoms with Gasteiger partial charge in [0.2, 0.25) is 5.91 Å². The van der Waals surface area contributed by atoms with E-state index in [9.17, 15) is 13.6 Å². The number of para-hydroxylation sites is 1. The summed E-state index contributed by atoms with van der Waals surface area (Å²) >= 11 is 0. The lowest BCUT2D eigenvalue weighted by Gasteiger charge is -2.20. The van der Waals surface area contributed by atoms with E-state index in [4.69, 9.17) is 0 Å². The van der Waals surface area contributed by atoms with Crippen molar-refractivity contribution in [2.24, 2.45) is 0 Å². The maximum Gasteiger partial charge on any atom is 0.229 e. The third-order valence-electron chi connectivity index (χ3n) is 4.75. The van der Waals surface area contributed by atoms with E-state index in [1.165, 1.54) is 24.4 Å². The van der Waals surface area contributed by atoms with Gasteiger partial charge in [0.15, 0.2) is 11.6 Å². The highest BCUT2D eigenvalue weighted by molar-refractivity contribution is 5.83. The second-order valence-corrected chi connectivity index (χ2v) is 6.67. The van der Waals surface area contributed by atoms with Crippen molar-refractivity contribution in [1.82, 2.24) is 25.1 Å². The highest BCUT2D eigenvalue weighted by Crippen LogP contribution is 2.30. The molecule has 0 saturated carbocycles. The molecule has 27 heavy (non-hydrogen) atoms. The molecule has 0 fully saturated rings. The summed E-state index contributed by atoms with van der Waals surface area (Å²) < 4.78 is 28.9. The highest BCUT2D eigenvalue weighted by atomic mass is 19.1. The van der Waals surface area contributed by atoms with Crippen LogP contribution < -0.4 is 5.32 Å². The fourth-order valence-electron chi connectivity index (χ4n) is 3.50. The molecule has 3 aromatic rings. The van der Waals surface area contributed by atoms with Crippen LogP contribution in [0.2, 0.25) is 0 Å². The second kappa shape index (κ2) is 6.94. The monoisotopic (exact) mass is 371 g/mol. The first kappa shape index (κ1) is 17.4. The molecule has 0 bridgehead atoms. The van der Waals surface area contributed by atoms with E-state index < -0.39 is 11.6 Å². The number of imidazole rings is 1. The molecular weight excluding hydrogens is 352 g/mol. The summed E-state index contributed by atoms with van der Waals surface area (Å²) in [5.41, 5.74) is 2.12. The van der Waals surface area contributed by atoms with Crippen molar-refractivity contribution in [3.8, 4) is 5.69 Å². The van der Waals surface area contributed by atoms with E-state index in [0.717, 1.165) is 41.2 Å². The normalized spacial score (nSPS) is 16.2. The molecule has 1 aromatic carbocycles. The summed E-state index contributed by atoms with van der Waals surface area (Å²) in [4.78, 5) is 20.3. The number of aryl methyl sites for hydroxylation is 2. The average molecular weight is 371 g/mol. The number of nitrogens with zero attached hydrogens (tertiary/aromatic N) is 3. The predicted molar refractivity (Wildman–Crippen MR) is 94.3 cm³/mol. The second-order valence-electron chi connectivity index (χ2n) is 6.67. The van der Waals surface area contributed by atoms with Crippen LogP contribution in [0.3, 0.4) is 0 Å². The number of rotatable bonds is 4. The van der Waals surface area contributed by atoms with Gasteiger partial charge < -0.3 is 10.3 Å². The summed E-state index contributed by atoms with van der Waals surface area (Å²) in [5, 5.41) is 7.02. The van der Waals surface area contributed by atoms with E-state index in [1.54, 1.807) is 6.07 Å². The summed E-state index contributed by atoms with van der Waals surface area (Å²) in [7, 11) is 0. The van der Waals surface area contributed by atoms with Gasteiger partial charge in [0.05, 0.1) is 23.9 Å². The molecule has 1 aliphatic carbocycles. The number of carbonyl (C=O) groups is 1. The number of aromatic amines is 1. The van der Waals surface area contributed by atoms with Gasteiger partial charge in [-0.05, 0) is 44.4 Å². The number of fused-ring (bicyclic) bond motifs is 1. The average Bonchev–Trinajstić information content (AvgIpc) is 3.24. The van der Waals surface area contributed by atoms with E-state index in [1.807, 2.05) is 6.92 Å². The Hall–Kier alpha value is -3.03. The molecule has 0 aliphatic heterocycles. The largest absolute Gasteiger partial charge is 0.350 e. The zero-order chi connectivity index (χ0) is 19.0. The van der Waals surface area contributed by atoms with Crippen molar-refractivity contribution in [3.63, 3.8) is 0 Å². The first-order valence-corrected chi connectivity index (χ1v) is 8.85. The molecule has 0 radical (unpaired) electrons. The third kappa shape index (κ3) is 3.34. The minimum atomic E-state index is -0.697. The van der Waals surface area contributed by atoms with Crippen molar-refractivity contribution in [2.45, 2.75) is 38.6 Å². The Morgan fingerprint density at radius 3 is 2.89 bits per heavy atom. The van der Waals surface area contributed by atoms with Crippen LogP contribution >= 0.6 is 0 Å². The maximum absolute atomic E-state index is 13.9. The maximum atomic E-state index is 13.9. The first-order chi connectivity index (χ1) is 13.0. The Morgan fingerprint density at radius 2 is 2.11 bits per heavy atom. The number of benzene rings is 1. The van der Waals surface area contributed by atoms with Crippen LogP contribution in [0.5, 0.6) is 0 Å². The molecule has 1 amide bonds. The molecule has 0 saturated heterocycles.